The first-order chi connectivity index (χ1) is 14.0. The van der Waals surface area contributed by atoms with E-state index in [1.807, 2.05) is 25.2 Å². The normalized spacial score (nSPS) is 13.2. The molecule has 0 saturated heterocycles. The zero-order chi connectivity index (χ0) is 22.7. The lowest BCUT2D eigenvalue weighted by molar-refractivity contribution is -0.111. The lowest BCUT2D eigenvalue weighted by Gasteiger charge is -2.27. The number of amides is 1. The summed E-state index contributed by atoms with van der Waals surface area (Å²) in [7, 11) is 0. The van der Waals surface area contributed by atoms with Crippen LogP contribution >= 0.6 is 0 Å². The zero-order valence-electron chi connectivity index (χ0n) is 19.5. The number of phenolic OH excluding ortho intramolecular Hbond substituents is 1. The molecule has 0 spiro atoms. The molecular weight excluding hydrogens is 370 g/mol. The average molecular weight is 408 g/mol. The fourth-order valence-corrected chi connectivity index (χ4v) is 3.43. The van der Waals surface area contributed by atoms with E-state index in [4.69, 9.17) is 0 Å². The highest BCUT2D eigenvalue weighted by molar-refractivity contribution is 5.99. The van der Waals surface area contributed by atoms with Crippen LogP contribution in [0.4, 0.5) is 5.69 Å². The number of nitrogens with one attached hydrogen (secondary N) is 1. The lowest BCUT2D eigenvalue weighted by Crippen LogP contribution is -2.14. The molecule has 1 aromatic carbocycles. The summed E-state index contributed by atoms with van der Waals surface area (Å²) >= 11 is 0. The second-order valence-corrected chi connectivity index (χ2v) is 8.58. The molecule has 30 heavy (non-hydrogen) atoms. The summed E-state index contributed by atoms with van der Waals surface area (Å²) in [4.78, 5) is 12.1. The van der Waals surface area contributed by atoms with E-state index in [2.05, 4.69) is 59.0 Å². The number of allylic oxidation sites excluding steroid dienone is 9. The van der Waals surface area contributed by atoms with Crippen molar-refractivity contribution in [3.63, 3.8) is 0 Å². The van der Waals surface area contributed by atoms with E-state index in [9.17, 15) is 9.90 Å². The molecule has 0 saturated carbocycles. The molecule has 162 valence electrons. The Bertz CT molecular complexity index is 859. The lowest BCUT2D eigenvalue weighted by atomic mass is 9.78. The molecule has 0 aliphatic rings. The number of rotatable bonds is 9. The Kier molecular flexibility index (Phi) is 10.1. The Balaban J connectivity index is 2.75. The van der Waals surface area contributed by atoms with Gasteiger partial charge >= 0.3 is 0 Å². The van der Waals surface area contributed by atoms with E-state index in [1.54, 1.807) is 18.2 Å². The van der Waals surface area contributed by atoms with Crippen LogP contribution in [0, 0.1) is 5.41 Å². The van der Waals surface area contributed by atoms with Crippen molar-refractivity contribution >= 4 is 11.6 Å². The number of aromatic hydroxyl groups is 1. The molecule has 0 unspecified atom stereocenters. The molecule has 2 N–H and O–H groups in total. The van der Waals surface area contributed by atoms with Gasteiger partial charge in [-0.2, -0.15) is 0 Å². The summed E-state index contributed by atoms with van der Waals surface area (Å²) in [5.41, 5.74) is 5.57. The minimum absolute atomic E-state index is 0.171. The topological polar surface area (TPSA) is 49.3 Å². The molecule has 0 aromatic heterocycles. The third kappa shape index (κ3) is 9.13. The molecular formula is C27H37NO2. The highest BCUT2D eigenvalue weighted by Gasteiger charge is 2.21. The van der Waals surface area contributed by atoms with Crippen LogP contribution in [0.5, 0.6) is 5.75 Å². The van der Waals surface area contributed by atoms with Crippen LogP contribution in [-0.4, -0.2) is 11.0 Å². The SMILES string of the molecule is CCCC(C)(C)C(/C=C/C(C)=C/C=C/C(C)=C/C(=O)Nc1ccc(O)cc1)=C(C)C. The number of benzene rings is 1. The highest BCUT2D eigenvalue weighted by atomic mass is 16.3. The predicted octanol–water partition coefficient (Wildman–Crippen LogP) is 7.50. The number of phenols is 1. The fraction of sp³-hybridized carbons (Fsp3) is 0.370. The van der Waals surface area contributed by atoms with Crippen LogP contribution in [0.25, 0.3) is 0 Å². The second kappa shape index (κ2) is 12.0. The first-order valence-electron chi connectivity index (χ1n) is 10.5. The second-order valence-electron chi connectivity index (χ2n) is 8.58. The van der Waals surface area contributed by atoms with Crippen molar-refractivity contribution in [1.29, 1.82) is 0 Å². The summed E-state index contributed by atoms with van der Waals surface area (Å²) in [5, 5.41) is 12.1. The Morgan fingerprint density at radius 2 is 1.63 bits per heavy atom. The molecule has 0 atom stereocenters. The molecule has 3 heteroatoms. The van der Waals surface area contributed by atoms with Crippen LogP contribution < -0.4 is 5.32 Å². The van der Waals surface area contributed by atoms with Crippen molar-refractivity contribution < 1.29 is 9.90 Å². The van der Waals surface area contributed by atoms with E-state index in [0.29, 0.717) is 5.69 Å². The molecule has 0 aliphatic carbocycles. The van der Waals surface area contributed by atoms with Crippen molar-refractivity contribution in [2.24, 2.45) is 5.41 Å². The average Bonchev–Trinajstić information content (AvgIpc) is 2.63. The zero-order valence-corrected chi connectivity index (χ0v) is 19.5. The molecule has 1 amide bonds. The van der Waals surface area contributed by atoms with Crippen LogP contribution in [0.3, 0.4) is 0 Å². The van der Waals surface area contributed by atoms with Crippen molar-refractivity contribution in [3.8, 4) is 5.75 Å². The van der Waals surface area contributed by atoms with Gasteiger partial charge in [0.1, 0.15) is 5.75 Å². The Morgan fingerprint density at radius 3 is 2.20 bits per heavy atom. The molecule has 0 heterocycles. The van der Waals surface area contributed by atoms with Gasteiger partial charge in [0.25, 0.3) is 0 Å². The van der Waals surface area contributed by atoms with Gasteiger partial charge in [-0.1, -0.05) is 68.7 Å². The van der Waals surface area contributed by atoms with Gasteiger partial charge in [-0.15, -0.1) is 0 Å². The molecule has 0 fully saturated rings. The summed E-state index contributed by atoms with van der Waals surface area (Å²) in [6, 6.07) is 6.40. The summed E-state index contributed by atoms with van der Waals surface area (Å²) in [5.74, 6) is -0.0284. The molecule has 0 aliphatic heterocycles. The van der Waals surface area contributed by atoms with Gasteiger partial charge in [-0.25, -0.2) is 0 Å². The number of carbonyl (C=O) groups excluding carboxylic acids is 1. The van der Waals surface area contributed by atoms with E-state index < -0.39 is 0 Å². The monoisotopic (exact) mass is 407 g/mol. The van der Waals surface area contributed by atoms with Crippen LogP contribution in [0.1, 0.15) is 61.3 Å². The van der Waals surface area contributed by atoms with Crippen molar-refractivity contribution in [1.82, 2.24) is 0 Å². The first-order valence-corrected chi connectivity index (χ1v) is 10.5. The maximum absolute atomic E-state index is 12.1. The molecule has 1 aromatic rings. The summed E-state index contributed by atoms with van der Waals surface area (Å²) < 4.78 is 0. The molecule has 1 rings (SSSR count). The maximum atomic E-state index is 12.1. The maximum Gasteiger partial charge on any atom is 0.248 e. The highest BCUT2D eigenvalue weighted by Crippen LogP contribution is 2.34. The van der Waals surface area contributed by atoms with Gasteiger partial charge in [0, 0.05) is 11.8 Å². The Morgan fingerprint density at radius 1 is 1.00 bits per heavy atom. The molecule has 3 nitrogen and oxygen atoms in total. The van der Waals surface area contributed by atoms with Crippen molar-refractivity contribution in [3.05, 3.63) is 83.0 Å². The number of anilines is 1. The minimum Gasteiger partial charge on any atom is -0.508 e. The standard InChI is InChI=1S/C27H37NO2/c1-8-18-27(6,7)25(20(2)3)17-12-21(4)10-9-11-22(5)19-26(30)28-23-13-15-24(29)16-14-23/h9-17,19,29H,8,18H2,1-7H3,(H,28,30)/b11-9+,17-12+,21-10+,22-19+. The quantitative estimate of drug-likeness (QED) is 0.253. The molecule has 0 radical (unpaired) electrons. The van der Waals surface area contributed by atoms with E-state index in [0.717, 1.165) is 17.6 Å². The fourth-order valence-electron chi connectivity index (χ4n) is 3.43. The van der Waals surface area contributed by atoms with Gasteiger partial charge < -0.3 is 10.4 Å². The van der Waals surface area contributed by atoms with Gasteiger partial charge in [-0.3, -0.25) is 4.79 Å². The van der Waals surface area contributed by atoms with Crippen LogP contribution in [-0.2, 0) is 4.79 Å². The van der Waals surface area contributed by atoms with E-state index in [1.165, 1.54) is 29.7 Å². The van der Waals surface area contributed by atoms with Gasteiger partial charge in [-0.05, 0) is 74.9 Å². The predicted molar refractivity (Wildman–Crippen MR) is 130 cm³/mol. The van der Waals surface area contributed by atoms with Gasteiger partial charge in [0.05, 0.1) is 0 Å². The first kappa shape index (κ1) is 25.2. The Labute approximate surface area is 182 Å². The van der Waals surface area contributed by atoms with E-state index in [-0.39, 0.29) is 17.1 Å². The Hall–Kier alpha value is -2.81. The third-order valence-electron chi connectivity index (χ3n) is 4.87. The smallest absolute Gasteiger partial charge is 0.248 e. The minimum atomic E-state index is -0.199. The van der Waals surface area contributed by atoms with Crippen LogP contribution in [0.2, 0.25) is 0 Å². The molecule has 0 bridgehead atoms. The van der Waals surface area contributed by atoms with Gasteiger partial charge in [0.2, 0.25) is 5.91 Å². The largest absolute Gasteiger partial charge is 0.508 e. The number of hydrogen-bond acceptors (Lipinski definition) is 2. The number of hydrogen-bond donors (Lipinski definition) is 2. The van der Waals surface area contributed by atoms with Crippen LogP contribution in [0.15, 0.2) is 83.0 Å². The van der Waals surface area contributed by atoms with Gasteiger partial charge in [0.15, 0.2) is 0 Å². The summed E-state index contributed by atoms with van der Waals surface area (Å²) in [6.07, 6.45) is 14.2. The van der Waals surface area contributed by atoms with E-state index >= 15 is 0 Å². The van der Waals surface area contributed by atoms with Crippen molar-refractivity contribution in [2.45, 2.75) is 61.3 Å². The van der Waals surface area contributed by atoms with Crippen molar-refractivity contribution in [2.75, 3.05) is 5.32 Å². The third-order valence-corrected chi connectivity index (χ3v) is 4.87. The summed E-state index contributed by atoms with van der Waals surface area (Å²) in [6.45, 7) is 15.2. The number of carbonyl (C=O) groups is 1.